The lowest BCUT2D eigenvalue weighted by Gasteiger charge is -2.13. The van der Waals surface area contributed by atoms with Gasteiger partial charge in [-0.3, -0.25) is 0 Å². The Morgan fingerprint density at radius 1 is 0.741 bits per heavy atom. The van der Waals surface area contributed by atoms with Crippen LogP contribution >= 0.6 is 0 Å². The van der Waals surface area contributed by atoms with Gasteiger partial charge in [-0.25, -0.2) is 0 Å². The Bertz CT molecular complexity index is 946. The van der Waals surface area contributed by atoms with Crippen LogP contribution in [-0.2, 0) is 6.42 Å². The highest BCUT2D eigenvalue weighted by Crippen LogP contribution is 2.34. The van der Waals surface area contributed by atoms with Gasteiger partial charge in [0.1, 0.15) is 5.69 Å². The largest absolute Gasteiger partial charge is 0.378 e. The number of nitrogens with zero attached hydrogens (tertiary/aromatic N) is 2. The standard InChI is InChI=1S/C24H22N2O/c1-26(2)21-15-13-18(14-16-21)17-22-23(19-9-5-3-6-10-19)25-27-24(22)20-11-7-4-8-12-20/h3-16H,17H2,1-2H3. The van der Waals surface area contributed by atoms with Crippen molar-refractivity contribution >= 4 is 5.69 Å². The lowest BCUT2D eigenvalue weighted by molar-refractivity contribution is 0.434. The number of aromatic nitrogens is 1. The molecule has 0 atom stereocenters. The van der Waals surface area contributed by atoms with Gasteiger partial charge in [-0.15, -0.1) is 0 Å². The Balaban J connectivity index is 1.78. The van der Waals surface area contributed by atoms with E-state index in [-0.39, 0.29) is 0 Å². The SMILES string of the molecule is CN(C)c1ccc(Cc2c(-c3ccccc3)noc2-c2ccccc2)cc1. The molecule has 0 amide bonds. The predicted octanol–water partition coefficient (Wildman–Crippen LogP) is 5.67. The van der Waals surface area contributed by atoms with Gasteiger partial charge in [-0.2, -0.15) is 0 Å². The second-order valence-electron chi connectivity index (χ2n) is 6.81. The quantitative estimate of drug-likeness (QED) is 0.463. The molecule has 0 aliphatic rings. The van der Waals surface area contributed by atoms with Crippen LogP contribution in [0.15, 0.2) is 89.5 Å². The highest BCUT2D eigenvalue weighted by Gasteiger charge is 2.19. The Hall–Kier alpha value is -3.33. The zero-order valence-corrected chi connectivity index (χ0v) is 15.6. The molecular weight excluding hydrogens is 332 g/mol. The van der Waals surface area contributed by atoms with Crippen molar-refractivity contribution in [1.29, 1.82) is 0 Å². The topological polar surface area (TPSA) is 29.3 Å². The summed E-state index contributed by atoms with van der Waals surface area (Å²) in [5.41, 5.74) is 6.57. The minimum Gasteiger partial charge on any atom is -0.378 e. The first kappa shape index (κ1) is 17.1. The van der Waals surface area contributed by atoms with E-state index in [9.17, 15) is 0 Å². The van der Waals surface area contributed by atoms with Crippen LogP contribution in [0.4, 0.5) is 5.69 Å². The van der Waals surface area contributed by atoms with Gasteiger partial charge in [0.05, 0.1) is 0 Å². The number of benzene rings is 3. The molecule has 3 nitrogen and oxygen atoms in total. The monoisotopic (exact) mass is 354 g/mol. The molecule has 0 N–H and O–H groups in total. The zero-order valence-electron chi connectivity index (χ0n) is 15.6. The first-order valence-corrected chi connectivity index (χ1v) is 9.08. The van der Waals surface area contributed by atoms with Gasteiger partial charge in [-0.05, 0) is 17.7 Å². The van der Waals surface area contributed by atoms with E-state index in [1.54, 1.807) is 0 Å². The molecule has 0 saturated carbocycles. The number of hydrogen-bond acceptors (Lipinski definition) is 3. The maximum Gasteiger partial charge on any atom is 0.171 e. The van der Waals surface area contributed by atoms with Gasteiger partial charge in [0, 0.05) is 42.9 Å². The molecular formula is C24H22N2O. The van der Waals surface area contributed by atoms with Crippen molar-refractivity contribution in [2.24, 2.45) is 0 Å². The van der Waals surface area contributed by atoms with Crippen molar-refractivity contribution in [3.8, 4) is 22.6 Å². The summed E-state index contributed by atoms with van der Waals surface area (Å²) in [6.45, 7) is 0. The van der Waals surface area contributed by atoms with Crippen LogP contribution in [0, 0.1) is 0 Å². The van der Waals surface area contributed by atoms with E-state index >= 15 is 0 Å². The van der Waals surface area contributed by atoms with Crippen molar-refractivity contribution in [2.75, 3.05) is 19.0 Å². The van der Waals surface area contributed by atoms with Crippen LogP contribution in [0.1, 0.15) is 11.1 Å². The minimum atomic E-state index is 0.770. The maximum atomic E-state index is 5.81. The summed E-state index contributed by atoms with van der Waals surface area (Å²) in [6.07, 6.45) is 0.770. The normalized spacial score (nSPS) is 10.7. The summed E-state index contributed by atoms with van der Waals surface area (Å²) in [5.74, 6) is 0.839. The lowest BCUT2D eigenvalue weighted by Crippen LogP contribution is -2.08. The van der Waals surface area contributed by atoms with Crippen molar-refractivity contribution in [1.82, 2.24) is 5.16 Å². The van der Waals surface area contributed by atoms with Gasteiger partial charge in [0.2, 0.25) is 0 Å². The third-order valence-corrected chi connectivity index (χ3v) is 4.70. The molecule has 4 aromatic rings. The van der Waals surface area contributed by atoms with Crippen LogP contribution in [0.25, 0.3) is 22.6 Å². The average Bonchev–Trinajstić information content (AvgIpc) is 3.13. The molecule has 1 heterocycles. The molecule has 0 bridgehead atoms. The van der Waals surface area contributed by atoms with Crippen LogP contribution in [0.2, 0.25) is 0 Å². The molecule has 0 saturated heterocycles. The second-order valence-corrected chi connectivity index (χ2v) is 6.81. The molecule has 0 unspecified atom stereocenters. The summed E-state index contributed by atoms with van der Waals surface area (Å²) in [7, 11) is 4.10. The summed E-state index contributed by atoms with van der Waals surface area (Å²) in [6, 6.07) is 29.0. The molecule has 0 aliphatic carbocycles. The lowest BCUT2D eigenvalue weighted by atomic mass is 9.96. The summed E-state index contributed by atoms with van der Waals surface area (Å²) >= 11 is 0. The van der Waals surface area contributed by atoms with Gasteiger partial charge in [0.25, 0.3) is 0 Å². The van der Waals surface area contributed by atoms with Crippen LogP contribution in [-0.4, -0.2) is 19.3 Å². The zero-order chi connectivity index (χ0) is 18.6. The van der Waals surface area contributed by atoms with Crippen molar-refractivity contribution in [3.05, 3.63) is 96.1 Å². The van der Waals surface area contributed by atoms with Crippen LogP contribution in [0.5, 0.6) is 0 Å². The molecule has 134 valence electrons. The Morgan fingerprint density at radius 2 is 1.33 bits per heavy atom. The average molecular weight is 354 g/mol. The molecule has 0 spiro atoms. The Kier molecular flexibility index (Phi) is 4.75. The van der Waals surface area contributed by atoms with Gasteiger partial charge in [0.15, 0.2) is 5.76 Å². The molecule has 0 aliphatic heterocycles. The highest BCUT2D eigenvalue weighted by molar-refractivity contribution is 5.73. The van der Waals surface area contributed by atoms with Crippen LogP contribution in [0.3, 0.4) is 0 Å². The Morgan fingerprint density at radius 3 is 1.93 bits per heavy atom. The smallest absolute Gasteiger partial charge is 0.171 e. The van der Waals surface area contributed by atoms with E-state index in [0.717, 1.165) is 34.6 Å². The summed E-state index contributed by atoms with van der Waals surface area (Å²) in [5, 5.41) is 4.42. The van der Waals surface area contributed by atoms with Gasteiger partial charge >= 0.3 is 0 Å². The second kappa shape index (κ2) is 7.50. The van der Waals surface area contributed by atoms with E-state index in [4.69, 9.17) is 4.52 Å². The highest BCUT2D eigenvalue weighted by atomic mass is 16.5. The molecule has 27 heavy (non-hydrogen) atoms. The fourth-order valence-corrected chi connectivity index (χ4v) is 3.23. The van der Waals surface area contributed by atoms with Crippen molar-refractivity contribution in [3.63, 3.8) is 0 Å². The van der Waals surface area contributed by atoms with E-state index in [2.05, 4.69) is 72.7 Å². The van der Waals surface area contributed by atoms with Crippen molar-refractivity contribution in [2.45, 2.75) is 6.42 Å². The first-order valence-electron chi connectivity index (χ1n) is 9.08. The predicted molar refractivity (Wildman–Crippen MR) is 111 cm³/mol. The molecule has 3 heteroatoms. The number of rotatable bonds is 5. The van der Waals surface area contributed by atoms with E-state index in [1.807, 2.05) is 36.4 Å². The molecule has 4 rings (SSSR count). The Labute approximate surface area is 159 Å². The maximum absolute atomic E-state index is 5.81. The molecule has 0 radical (unpaired) electrons. The third-order valence-electron chi connectivity index (χ3n) is 4.70. The third kappa shape index (κ3) is 3.63. The first-order chi connectivity index (χ1) is 13.2. The molecule has 1 aromatic heterocycles. The molecule has 3 aromatic carbocycles. The van der Waals surface area contributed by atoms with E-state index in [1.165, 1.54) is 11.3 Å². The van der Waals surface area contributed by atoms with Crippen LogP contribution < -0.4 is 4.90 Å². The van der Waals surface area contributed by atoms with E-state index in [0.29, 0.717) is 0 Å². The van der Waals surface area contributed by atoms with Gasteiger partial charge < -0.3 is 9.42 Å². The molecule has 0 fully saturated rings. The summed E-state index contributed by atoms with van der Waals surface area (Å²) < 4.78 is 5.81. The van der Waals surface area contributed by atoms with E-state index < -0.39 is 0 Å². The van der Waals surface area contributed by atoms with Gasteiger partial charge in [-0.1, -0.05) is 78.0 Å². The van der Waals surface area contributed by atoms with Crippen molar-refractivity contribution < 1.29 is 4.52 Å². The number of anilines is 1. The fraction of sp³-hybridized carbons (Fsp3) is 0.125. The minimum absolute atomic E-state index is 0.770. The fourth-order valence-electron chi connectivity index (χ4n) is 3.23. The number of hydrogen-bond donors (Lipinski definition) is 0. The summed E-state index contributed by atoms with van der Waals surface area (Å²) in [4.78, 5) is 2.11.